The molecule has 2 aromatic carbocycles. The van der Waals surface area contributed by atoms with Crippen molar-refractivity contribution in [3.63, 3.8) is 0 Å². The lowest BCUT2D eigenvalue weighted by molar-refractivity contribution is -0.117. The van der Waals surface area contributed by atoms with Crippen LogP contribution in [0.1, 0.15) is 41.6 Å². The molecule has 7 nitrogen and oxygen atoms in total. The highest BCUT2D eigenvalue weighted by Gasteiger charge is 2.30. The summed E-state index contributed by atoms with van der Waals surface area (Å²) in [6.07, 6.45) is 5.50. The number of amides is 2. The van der Waals surface area contributed by atoms with Crippen molar-refractivity contribution in [2.75, 3.05) is 25.0 Å². The second kappa shape index (κ2) is 9.94. The predicted molar refractivity (Wildman–Crippen MR) is 142 cm³/mol. The van der Waals surface area contributed by atoms with Gasteiger partial charge >= 0.3 is 0 Å². The molecule has 8 heteroatoms. The second-order valence-electron chi connectivity index (χ2n) is 10.3. The van der Waals surface area contributed by atoms with Gasteiger partial charge in [-0.05, 0) is 69.0 Å². The van der Waals surface area contributed by atoms with Gasteiger partial charge in [0.2, 0.25) is 5.91 Å². The number of halogens is 1. The summed E-state index contributed by atoms with van der Waals surface area (Å²) in [6, 6.07) is 14.5. The molecule has 1 saturated heterocycles. The van der Waals surface area contributed by atoms with Gasteiger partial charge < -0.3 is 15.6 Å². The van der Waals surface area contributed by atoms with Crippen LogP contribution in [0.15, 0.2) is 54.7 Å². The zero-order valence-corrected chi connectivity index (χ0v) is 20.6. The van der Waals surface area contributed by atoms with Crippen LogP contribution in [0.25, 0.3) is 21.8 Å². The summed E-state index contributed by atoms with van der Waals surface area (Å²) in [4.78, 5) is 35.2. The van der Waals surface area contributed by atoms with Gasteiger partial charge in [-0.2, -0.15) is 0 Å². The SMILES string of the molecule is O=C(NCC1CCN(Cc2ccccc2F)CC1)c1ccc2c(c1)[nH]c1c(NC(=O)C3CC3)nccc12. The number of nitrogens with one attached hydrogen (secondary N) is 3. The Balaban J connectivity index is 1.07. The Labute approximate surface area is 214 Å². The van der Waals surface area contributed by atoms with Crippen LogP contribution >= 0.6 is 0 Å². The summed E-state index contributed by atoms with van der Waals surface area (Å²) in [5.41, 5.74) is 2.92. The van der Waals surface area contributed by atoms with Crippen LogP contribution in [0.4, 0.5) is 10.2 Å². The minimum atomic E-state index is -0.153. The van der Waals surface area contributed by atoms with Crippen LogP contribution in [0.5, 0.6) is 0 Å². The van der Waals surface area contributed by atoms with E-state index < -0.39 is 0 Å². The van der Waals surface area contributed by atoms with Crippen LogP contribution < -0.4 is 10.6 Å². The molecule has 0 atom stereocenters. The van der Waals surface area contributed by atoms with Crippen molar-refractivity contribution in [3.8, 4) is 0 Å². The Morgan fingerprint density at radius 3 is 2.62 bits per heavy atom. The fourth-order valence-electron chi connectivity index (χ4n) is 5.19. The maximum absolute atomic E-state index is 14.0. The molecule has 0 radical (unpaired) electrons. The third-order valence-corrected chi connectivity index (χ3v) is 7.58. The van der Waals surface area contributed by atoms with Crippen LogP contribution in [-0.4, -0.2) is 46.3 Å². The first-order valence-corrected chi connectivity index (χ1v) is 13.0. The summed E-state index contributed by atoms with van der Waals surface area (Å²) in [6.45, 7) is 3.03. The largest absolute Gasteiger partial charge is 0.352 e. The zero-order valence-electron chi connectivity index (χ0n) is 20.6. The van der Waals surface area contributed by atoms with E-state index in [4.69, 9.17) is 0 Å². The predicted octanol–water partition coefficient (Wildman–Crippen LogP) is 4.85. The summed E-state index contributed by atoms with van der Waals surface area (Å²) in [7, 11) is 0. The monoisotopic (exact) mass is 499 g/mol. The number of likely N-dealkylation sites (tertiary alicyclic amines) is 1. The van der Waals surface area contributed by atoms with E-state index in [2.05, 4.69) is 25.5 Å². The molecule has 0 unspecified atom stereocenters. The highest BCUT2D eigenvalue weighted by Crippen LogP contribution is 2.33. The molecular formula is C29H30FN5O2. The molecule has 190 valence electrons. The van der Waals surface area contributed by atoms with Crippen LogP contribution in [0.2, 0.25) is 0 Å². The van der Waals surface area contributed by atoms with Gasteiger partial charge in [-0.1, -0.05) is 24.3 Å². The fraction of sp³-hybridized carbons (Fsp3) is 0.345. The van der Waals surface area contributed by atoms with E-state index in [1.807, 2.05) is 36.4 Å². The number of piperidine rings is 1. The highest BCUT2D eigenvalue weighted by molar-refractivity contribution is 6.13. The van der Waals surface area contributed by atoms with E-state index >= 15 is 0 Å². The fourth-order valence-corrected chi connectivity index (χ4v) is 5.19. The maximum Gasteiger partial charge on any atom is 0.251 e. The second-order valence-corrected chi connectivity index (χ2v) is 10.3. The third kappa shape index (κ3) is 5.06. The number of H-pyrrole nitrogens is 1. The number of aromatic nitrogens is 2. The molecule has 2 aliphatic rings. The number of rotatable bonds is 7. The van der Waals surface area contributed by atoms with E-state index in [9.17, 15) is 14.0 Å². The topological polar surface area (TPSA) is 90.1 Å². The van der Waals surface area contributed by atoms with E-state index in [0.717, 1.165) is 66.1 Å². The van der Waals surface area contributed by atoms with E-state index in [-0.39, 0.29) is 23.5 Å². The van der Waals surface area contributed by atoms with Crippen molar-refractivity contribution < 1.29 is 14.0 Å². The highest BCUT2D eigenvalue weighted by atomic mass is 19.1. The van der Waals surface area contributed by atoms with Crippen molar-refractivity contribution >= 4 is 39.4 Å². The lowest BCUT2D eigenvalue weighted by Gasteiger charge is -2.32. The van der Waals surface area contributed by atoms with Gasteiger partial charge in [-0.3, -0.25) is 14.5 Å². The first-order valence-electron chi connectivity index (χ1n) is 13.0. The average molecular weight is 500 g/mol. The van der Waals surface area contributed by atoms with Crippen molar-refractivity contribution in [1.29, 1.82) is 0 Å². The van der Waals surface area contributed by atoms with Gasteiger partial charge in [0, 0.05) is 52.6 Å². The zero-order chi connectivity index (χ0) is 25.4. The third-order valence-electron chi connectivity index (χ3n) is 7.58. The van der Waals surface area contributed by atoms with Gasteiger partial charge in [0.1, 0.15) is 5.82 Å². The molecule has 3 heterocycles. The van der Waals surface area contributed by atoms with Gasteiger partial charge in [0.05, 0.1) is 5.52 Å². The maximum atomic E-state index is 14.0. The number of nitrogens with zero attached hydrogens (tertiary/aromatic N) is 2. The quantitative estimate of drug-likeness (QED) is 0.339. The first-order chi connectivity index (χ1) is 18.0. The standard InChI is InChI=1S/C29H30FN5O2/c30-24-4-2-1-3-21(24)17-35-13-10-18(11-14-35)16-32-28(36)20-7-8-22-23-9-12-31-27(26(23)33-25(22)15-20)34-29(37)19-5-6-19/h1-4,7-9,12,15,18-19,33H,5-6,10-11,13-14,16-17H2,(H,32,36)(H,31,34,37). The molecular weight excluding hydrogens is 469 g/mol. The number of benzene rings is 2. The van der Waals surface area contributed by atoms with Gasteiger partial charge in [-0.25, -0.2) is 9.37 Å². The lowest BCUT2D eigenvalue weighted by Crippen LogP contribution is -2.38. The summed E-state index contributed by atoms with van der Waals surface area (Å²) in [5, 5.41) is 7.98. The van der Waals surface area contributed by atoms with Gasteiger partial charge in [0.25, 0.3) is 5.91 Å². The Kier molecular flexibility index (Phi) is 6.34. The van der Waals surface area contributed by atoms with Gasteiger partial charge in [-0.15, -0.1) is 0 Å². The van der Waals surface area contributed by atoms with Crippen LogP contribution in [0, 0.1) is 17.7 Å². The smallest absolute Gasteiger partial charge is 0.251 e. The van der Waals surface area contributed by atoms with Crippen molar-refractivity contribution in [2.45, 2.75) is 32.2 Å². The molecule has 2 fully saturated rings. The molecule has 1 aliphatic heterocycles. The van der Waals surface area contributed by atoms with Crippen LogP contribution in [0.3, 0.4) is 0 Å². The van der Waals surface area contributed by atoms with Crippen molar-refractivity contribution in [2.24, 2.45) is 11.8 Å². The number of aromatic amines is 1. The molecule has 4 aromatic rings. The summed E-state index contributed by atoms with van der Waals surface area (Å²) >= 11 is 0. The molecule has 2 aromatic heterocycles. The van der Waals surface area contributed by atoms with E-state index in [1.165, 1.54) is 6.07 Å². The van der Waals surface area contributed by atoms with Crippen molar-refractivity contribution in [1.82, 2.24) is 20.2 Å². The Bertz CT molecular complexity index is 1470. The van der Waals surface area contributed by atoms with E-state index in [0.29, 0.717) is 30.4 Å². The molecule has 0 spiro atoms. The molecule has 2 amide bonds. The van der Waals surface area contributed by atoms with Crippen LogP contribution in [-0.2, 0) is 11.3 Å². The number of pyridine rings is 1. The Morgan fingerprint density at radius 1 is 1.03 bits per heavy atom. The van der Waals surface area contributed by atoms with Gasteiger partial charge in [0.15, 0.2) is 5.82 Å². The minimum Gasteiger partial charge on any atom is -0.352 e. The number of fused-ring (bicyclic) bond motifs is 3. The first kappa shape index (κ1) is 23.6. The summed E-state index contributed by atoms with van der Waals surface area (Å²) < 4.78 is 14.0. The Morgan fingerprint density at radius 2 is 1.84 bits per heavy atom. The average Bonchev–Trinajstić information content (AvgIpc) is 3.70. The normalized spacial score (nSPS) is 16.8. The molecule has 3 N–H and O–H groups in total. The number of hydrogen-bond donors (Lipinski definition) is 3. The van der Waals surface area contributed by atoms with Crippen molar-refractivity contribution in [3.05, 3.63) is 71.7 Å². The number of carbonyl (C=O) groups excluding carboxylic acids is 2. The molecule has 37 heavy (non-hydrogen) atoms. The molecule has 1 aliphatic carbocycles. The number of hydrogen-bond acceptors (Lipinski definition) is 4. The number of anilines is 1. The molecule has 1 saturated carbocycles. The lowest BCUT2D eigenvalue weighted by atomic mass is 9.96. The molecule has 0 bridgehead atoms. The minimum absolute atomic E-state index is 0.0109. The van der Waals surface area contributed by atoms with E-state index in [1.54, 1.807) is 12.3 Å². The number of carbonyl (C=O) groups is 2. The Hall–Kier alpha value is -3.78. The summed E-state index contributed by atoms with van der Waals surface area (Å²) in [5.74, 6) is 0.779. The molecule has 6 rings (SSSR count).